The Labute approximate surface area is 76.4 Å². The van der Waals surface area contributed by atoms with Crippen molar-refractivity contribution in [3.8, 4) is 0 Å². The van der Waals surface area contributed by atoms with Crippen LogP contribution in [0.1, 0.15) is 17.5 Å². The quantitative estimate of drug-likeness (QED) is 0.544. The Morgan fingerprint density at radius 3 is 3.00 bits per heavy atom. The number of aryl methyl sites for hydroxylation is 1. The lowest BCUT2D eigenvalue weighted by Gasteiger charge is -2.19. The fourth-order valence-electron chi connectivity index (χ4n) is 1.68. The van der Waals surface area contributed by atoms with Crippen LogP contribution >= 0.6 is 11.6 Å². The Balaban J connectivity index is 2.37. The number of rotatable bonds is 0. The Morgan fingerprint density at radius 2 is 2.17 bits per heavy atom. The van der Waals surface area contributed by atoms with Crippen LogP contribution in [0.4, 0.5) is 4.39 Å². The molecule has 0 heterocycles. The van der Waals surface area contributed by atoms with Crippen LogP contribution in [0.15, 0.2) is 18.2 Å². The molecule has 2 heteroatoms. The second-order valence-electron chi connectivity index (χ2n) is 3.25. The van der Waals surface area contributed by atoms with E-state index in [9.17, 15) is 4.39 Å². The molecule has 64 valence electrons. The monoisotopic (exact) mass is 184 g/mol. The molecule has 1 aromatic carbocycles. The van der Waals surface area contributed by atoms with Crippen LogP contribution in [0.3, 0.4) is 0 Å². The molecule has 12 heavy (non-hydrogen) atoms. The van der Waals surface area contributed by atoms with Gasteiger partial charge in [-0.3, -0.25) is 0 Å². The molecule has 0 fully saturated rings. The van der Waals surface area contributed by atoms with E-state index in [4.69, 9.17) is 11.6 Å². The molecule has 1 aromatic rings. The molecule has 0 aromatic heterocycles. The molecule has 0 N–H and O–H groups in total. The van der Waals surface area contributed by atoms with Crippen LogP contribution < -0.4 is 0 Å². The minimum absolute atomic E-state index is 0.137. The van der Waals surface area contributed by atoms with Crippen molar-refractivity contribution < 1.29 is 4.39 Å². The summed E-state index contributed by atoms with van der Waals surface area (Å²) in [7, 11) is 0. The summed E-state index contributed by atoms with van der Waals surface area (Å²) in [6.07, 6.45) is 2.77. The predicted octanol–water partition coefficient (Wildman–Crippen LogP) is 2.92. The van der Waals surface area contributed by atoms with Gasteiger partial charge in [0.15, 0.2) is 0 Å². The minimum Gasteiger partial charge on any atom is -0.207 e. The maximum atomic E-state index is 12.8. The molecule has 2 rings (SSSR count). The number of alkyl halides is 1. The summed E-state index contributed by atoms with van der Waals surface area (Å²) in [6.45, 7) is 0. The Hall–Kier alpha value is -0.560. The van der Waals surface area contributed by atoms with Crippen molar-refractivity contribution in [3.63, 3.8) is 0 Å². The van der Waals surface area contributed by atoms with Gasteiger partial charge in [0.05, 0.1) is 0 Å². The normalized spacial score (nSPS) is 22.0. The number of hydrogen-bond acceptors (Lipinski definition) is 0. The highest BCUT2D eigenvalue weighted by Crippen LogP contribution is 2.24. The first-order valence-electron chi connectivity index (χ1n) is 4.17. The zero-order valence-electron chi connectivity index (χ0n) is 6.69. The van der Waals surface area contributed by atoms with Gasteiger partial charge in [0.2, 0.25) is 0 Å². The van der Waals surface area contributed by atoms with Gasteiger partial charge in [-0.05, 0) is 42.5 Å². The fourth-order valence-corrected chi connectivity index (χ4v) is 1.95. The lowest BCUT2D eigenvalue weighted by molar-refractivity contribution is 0.615. The van der Waals surface area contributed by atoms with E-state index < -0.39 is 0 Å². The number of halogens is 2. The average Bonchev–Trinajstić information content (AvgIpc) is 2.05. The van der Waals surface area contributed by atoms with Crippen molar-refractivity contribution in [2.45, 2.75) is 24.6 Å². The number of hydrogen-bond donors (Lipinski definition) is 0. The number of benzene rings is 1. The van der Waals surface area contributed by atoms with Gasteiger partial charge < -0.3 is 0 Å². The van der Waals surface area contributed by atoms with Crippen molar-refractivity contribution in [1.82, 2.24) is 0 Å². The standard InChI is InChI=1S/C10H10ClF/c11-9-3-1-8-6-10(12)4-2-7(8)5-9/h2,4,6,9H,1,3,5H2. The molecular formula is C10H10ClF. The van der Waals surface area contributed by atoms with E-state index in [-0.39, 0.29) is 11.2 Å². The summed E-state index contributed by atoms with van der Waals surface area (Å²) < 4.78 is 12.8. The summed E-state index contributed by atoms with van der Waals surface area (Å²) in [6, 6.07) is 4.98. The minimum atomic E-state index is -0.137. The van der Waals surface area contributed by atoms with E-state index in [2.05, 4.69) is 0 Å². The van der Waals surface area contributed by atoms with Gasteiger partial charge in [-0.1, -0.05) is 6.07 Å². The van der Waals surface area contributed by atoms with E-state index in [0.29, 0.717) is 0 Å². The zero-order valence-corrected chi connectivity index (χ0v) is 7.44. The first-order chi connectivity index (χ1) is 5.75. The zero-order chi connectivity index (χ0) is 8.55. The molecule has 0 aliphatic heterocycles. The van der Waals surface area contributed by atoms with Crippen LogP contribution in [0.5, 0.6) is 0 Å². The molecule has 1 aliphatic carbocycles. The molecule has 0 amide bonds. The van der Waals surface area contributed by atoms with Crippen LogP contribution in [-0.4, -0.2) is 5.38 Å². The van der Waals surface area contributed by atoms with Gasteiger partial charge in [-0.15, -0.1) is 11.6 Å². The summed E-state index contributed by atoms with van der Waals surface area (Å²) in [5.41, 5.74) is 2.34. The molecular weight excluding hydrogens is 175 g/mol. The maximum absolute atomic E-state index is 12.8. The molecule has 0 saturated carbocycles. The topological polar surface area (TPSA) is 0 Å². The summed E-state index contributed by atoms with van der Waals surface area (Å²) >= 11 is 5.99. The number of fused-ring (bicyclic) bond motifs is 1. The van der Waals surface area contributed by atoms with E-state index in [0.717, 1.165) is 24.8 Å². The second-order valence-corrected chi connectivity index (χ2v) is 3.87. The van der Waals surface area contributed by atoms with E-state index in [1.54, 1.807) is 6.07 Å². The van der Waals surface area contributed by atoms with E-state index in [1.165, 1.54) is 11.6 Å². The van der Waals surface area contributed by atoms with Crippen LogP contribution in [0, 0.1) is 5.82 Å². The van der Waals surface area contributed by atoms with Gasteiger partial charge in [0, 0.05) is 5.38 Å². The predicted molar refractivity (Wildman–Crippen MR) is 48.1 cm³/mol. The highest BCUT2D eigenvalue weighted by atomic mass is 35.5. The van der Waals surface area contributed by atoms with Crippen LogP contribution in [0.2, 0.25) is 0 Å². The molecule has 0 saturated heterocycles. The van der Waals surface area contributed by atoms with E-state index >= 15 is 0 Å². The summed E-state index contributed by atoms with van der Waals surface area (Å²) in [5.74, 6) is -0.137. The average molecular weight is 185 g/mol. The lowest BCUT2D eigenvalue weighted by Crippen LogP contribution is -2.13. The second kappa shape index (κ2) is 3.06. The Kier molecular flexibility index (Phi) is 2.05. The Morgan fingerprint density at radius 1 is 1.33 bits per heavy atom. The summed E-state index contributed by atoms with van der Waals surface area (Å²) in [5, 5.41) is 0.239. The highest BCUT2D eigenvalue weighted by molar-refractivity contribution is 6.20. The molecule has 0 nitrogen and oxygen atoms in total. The third-order valence-corrected chi connectivity index (χ3v) is 2.71. The molecule has 0 spiro atoms. The Bertz CT molecular complexity index is 296. The van der Waals surface area contributed by atoms with Gasteiger partial charge in [-0.25, -0.2) is 4.39 Å². The SMILES string of the molecule is Fc1ccc2c(c1)CCC(Cl)C2. The van der Waals surface area contributed by atoms with Crippen LogP contribution in [0.25, 0.3) is 0 Å². The molecule has 0 bridgehead atoms. The first kappa shape index (κ1) is 8.06. The first-order valence-corrected chi connectivity index (χ1v) is 4.61. The van der Waals surface area contributed by atoms with Gasteiger partial charge in [0.25, 0.3) is 0 Å². The van der Waals surface area contributed by atoms with Crippen molar-refractivity contribution >= 4 is 11.6 Å². The molecule has 1 atom stereocenters. The smallest absolute Gasteiger partial charge is 0.123 e. The molecule has 0 radical (unpaired) electrons. The third-order valence-electron chi connectivity index (χ3n) is 2.34. The fraction of sp³-hybridized carbons (Fsp3) is 0.400. The third kappa shape index (κ3) is 1.46. The van der Waals surface area contributed by atoms with Gasteiger partial charge in [0.1, 0.15) is 5.82 Å². The maximum Gasteiger partial charge on any atom is 0.123 e. The highest BCUT2D eigenvalue weighted by Gasteiger charge is 2.16. The van der Waals surface area contributed by atoms with Crippen molar-refractivity contribution in [3.05, 3.63) is 35.1 Å². The van der Waals surface area contributed by atoms with E-state index in [1.807, 2.05) is 6.07 Å². The van der Waals surface area contributed by atoms with Crippen molar-refractivity contribution in [1.29, 1.82) is 0 Å². The van der Waals surface area contributed by atoms with Crippen molar-refractivity contribution in [2.75, 3.05) is 0 Å². The molecule has 1 unspecified atom stereocenters. The largest absolute Gasteiger partial charge is 0.207 e. The summed E-state index contributed by atoms with van der Waals surface area (Å²) in [4.78, 5) is 0. The van der Waals surface area contributed by atoms with Gasteiger partial charge >= 0.3 is 0 Å². The molecule has 1 aliphatic rings. The lowest BCUT2D eigenvalue weighted by atomic mass is 9.91. The van der Waals surface area contributed by atoms with Crippen LogP contribution in [-0.2, 0) is 12.8 Å². The van der Waals surface area contributed by atoms with Crippen molar-refractivity contribution in [2.24, 2.45) is 0 Å². The van der Waals surface area contributed by atoms with Gasteiger partial charge in [-0.2, -0.15) is 0 Å².